The molecule has 0 bridgehead atoms. The zero-order valence-electron chi connectivity index (χ0n) is 12.5. The van der Waals surface area contributed by atoms with Crippen molar-refractivity contribution in [2.45, 2.75) is 65.0 Å². The predicted octanol–water partition coefficient (Wildman–Crippen LogP) is 2.64. The molecule has 0 aromatic carbocycles. The van der Waals surface area contributed by atoms with Crippen LogP contribution in [0, 0.1) is 0 Å². The number of rotatable bonds is 10. The van der Waals surface area contributed by atoms with Gasteiger partial charge in [-0.25, -0.2) is 0 Å². The average molecular weight is 244 g/mol. The van der Waals surface area contributed by atoms with Crippen LogP contribution in [0.25, 0.3) is 0 Å². The molecule has 0 fully saturated rings. The molecular formula is C14H32N2O. The summed E-state index contributed by atoms with van der Waals surface area (Å²) in [6.07, 6.45) is 4.79. The van der Waals surface area contributed by atoms with Gasteiger partial charge in [-0.3, -0.25) is 4.90 Å². The average Bonchev–Trinajstić information content (AvgIpc) is 2.35. The van der Waals surface area contributed by atoms with Crippen LogP contribution in [-0.2, 0) is 4.74 Å². The van der Waals surface area contributed by atoms with Gasteiger partial charge in [0.1, 0.15) is 0 Å². The molecule has 2 atom stereocenters. The summed E-state index contributed by atoms with van der Waals surface area (Å²) in [5.41, 5.74) is 6.24. The van der Waals surface area contributed by atoms with Gasteiger partial charge in [-0.05, 0) is 26.3 Å². The van der Waals surface area contributed by atoms with E-state index in [1.807, 2.05) is 0 Å². The minimum atomic E-state index is 0.155. The third kappa shape index (κ3) is 4.57. The van der Waals surface area contributed by atoms with Crippen molar-refractivity contribution in [2.75, 3.05) is 26.8 Å². The summed E-state index contributed by atoms with van der Waals surface area (Å²) in [4.78, 5) is 2.53. The number of unbranched alkanes of at least 4 members (excludes halogenated alkanes) is 1. The minimum absolute atomic E-state index is 0.155. The summed E-state index contributed by atoms with van der Waals surface area (Å²) >= 11 is 0. The van der Waals surface area contributed by atoms with E-state index in [4.69, 9.17) is 10.5 Å². The van der Waals surface area contributed by atoms with E-state index >= 15 is 0 Å². The van der Waals surface area contributed by atoms with Crippen molar-refractivity contribution in [3.63, 3.8) is 0 Å². The van der Waals surface area contributed by atoms with E-state index in [9.17, 15) is 0 Å². The number of nitrogens with two attached hydrogens (primary N) is 1. The van der Waals surface area contributed by atoms with Crippen LogP contribution in [-0.4, -0.2) is 43.3 Å². The van der Waals surface area contributed by atoms with Crippen molar-refractivity contribution >= 4 is 0 Å². The Kier molecular flexibility index (Phi) is 8.83. The first-order chi connectivity index (χ1) is 8.11. The van der Waals surface area contributed by atoms with Gasteiger partial charge in [0.15, 0.2) is 0 Å². The first-order valence-electron chi connectivity index (χ1n) is 7.07. The van der Waals surface area contributed by atoms with E-state index in [0.29, 0.717) is 6.04 Å². The maximum atomic E-state index is 6.09. The maximum Gasteiger partial charge on any atom is 0.0615 e. The summed E-state index contributed by atoms with van der Waals surface area (Å²) in [5, 5.41) is 0. The number of nitrogens with zero attached hydrogens (tertiary/aromatic N) is 1. The molecule has 0 heterocycles. The van der Waals surface area contributed by atoms with Crippen molar-refractivity contribution < 1.29 is 4.74 Å². The molecule has 0 aliphatic rings. The molecule has 0 amide bonds. The SMILES string of the molecule is CCCCC(CC)(CN)N(CC)C(C)COC. The molecule has 0 aromatic heterocycles. The minimum Gasteiger partial charge on any atom is -0.383 e. The molecule has 0 saturated heterocycles. The Morgan fingerprint density at radius 2 is 1.94 bits per heavy atom. The molecule has 104 valence electrons. The normalized spacial score (nSPS) is 17.1. The second-order valence-corrected chi connectivity index (χ2v) is 4.98. The first-order valence-corrected chi connectivity index (χ1v) is 7.07. The van der Waals surface area contributed by atoms with Crippen molar-refractivity contribution in [3.8, 4) is 0 Å². The predicted molar refractivity (Wildman–Crippen MR) is 75.3 cm³/mol. The highest BCUT2D eigenvalue weighted by Crippen LogP contribution is 2.27. The zero-order valence-corrected chi connectivity index (χ0v) is 12.5. The molecule has 0 aliphatic heterocycles. The van der Waals surface area contributed by atoms with Crippen molar-refractivity contribution in [3.05, 3.63) is 0 Å². The van der Waals surface area contributed by atoms with Gasteiger partial charge in [0, 0.05) is 25.2 Å². The molecule has 0 radical (unpaired) electrons. The second kappa shape index (κ2) is 8.90. The fourth-order valence-electron chi connectivity index (χ4n) is 2.84. The van der Waals surface area contributed by atoms with Crippen molar-refractivity contribution in [2.24, 2.45) is 5.73 Å². The Labute approximate surface area is 108 Å². The Morgan fingerprint density at radius 3 is 2.29 bits per heavy atom. The van der Waals surface area contributed by atoms with Crippen LogP contribution < -0.4 is 5.73 Å². The lowest BCUT2D eigenvalue weighted by atomic mass is 9.86. The summed E-state index contributed by atoms with van der Waals surface area (Å²) in [5.74, 6) is 0. The lowest BCUT2D eigenvalue weighted by Crippen LogP contribution is -2.57. The largest absolute Gasteiger partial charge is 0.383 e. The van der Waals surface area contributed by atoms with E-state index in [1.165, 1.54) is 19.3 Å². The smallest absolute Gasteiger partial charge is 0.0615 e. The Morgan fingerprint density at radius 1 is 1.29 bits per heavy atom. The van der Waals surface area contributed by atoms with Crippen LogP contribution >= 0.6 is 0 Å². The number of methoxy groups -OCH3 is 1. The van der Waals surface area contributed by atoms with Crippen LogP contribution in [0.1, 0.15) is 53.4 Å². The van der Waals surface area contributed by atoms with Gasteiger partial charge >= 0.3 is 0 Å². The third-order valence-electron chi connectivity index (χ3n) is 3.92. The lowest BCUT2D eigenvalue weighted by molar-refractivity contribution is 0.0114. The molecule has 0 aromatic rings. The van der Waals surface area contributed by atoms with Crippen LogP contribution in [0.5, 0.6) is 0 Å². The molecule has 17 heavy (non-hydrogen) atoms. The molecule has 0 saturated carbocycles. The third-order valence-corrected chi connectivity index (χ3v) is 3.92. The van der Waals surface area contributed by atoms with Crippen LogP contribution in [0.3, 0.4) is 0 Å². The van der Waals surface area contributed by atoms with Gasteiger partial charge in [0.05, 0.1) is 6.61 Å². The molecule has 2 N–H and O–H groups in total. The van der Waals surface area contributed by atoms with E-state index in [1.54, 1.807) is 7.11 Å². The second-order valence-electron chi connectivity index (χ2n) is 4.98. The number of hydrogen-bond acceptors (Lipinski definition) is 3. The van der Waals surface area contributed by atoms with Crippen molar-refractivity contribution in [1.82, 2.24) is 4.90 Å². The summed E-state index contributed by atoms with van der Waals surface area (Å²) in [6.45, 7) is 11.5. The lowest BCUT2D eigenvalue weighted by Gasteiger charge is -2.46. The number of ether oxygens (including phenoxy) is 1. The summed E-state index contributed by atoms with van der Waals surface area (Å²) in [6, 6.07) is 0.436. The highest BCUT2D eigenvalue weighted by atomic mass is 16.5. The first kappa shape index (κ1) is 16.9. The zero-order chi connectivity index (χ0) is 13.3. The molecule has 3 heteroatoms. The van der Waals surface area contributed by atoms with Gasteiger partial charge in [-0.1, -0.05) is 33.6 Å². The highest BCUT2D eigenvalue weighted by molar-refractivity contribution is 4.92. The molecule has 3 nitrogen and oxygen atoms in total. The van der Waals surface area contributed by atoms with E-state index in [-0.39, 0.29) is 5.54 Å². The molecule has 0 aliphatic carbocycles. The van der Waals surface area contributed by atoms with E-state index < -0.39 is 0 Å². The Balaban J connectivity index is 4.82. The fraction of sp³-hybridized carbons (Fsp3) is 1.00. The summed E-state index contributed by atoms with van der Waals surface area (Å²) < 4.78 is 5.29. The standard InChI is InChI=1S/C14H32N2O/c1-6-9-10-14(7-2,12-15)16(8-3)13(4)11-17-5/h13H,6-12,15H2,1-5H3. The van der Waals surface area contributed by atoms with Gasteiger partial charge in [-0.15, -0.1) is 0 Å². The number of hydrogen-bond donors (Lipinski definition) is 1. The van der Waals surface area contributed by atoms with Gasteiger partial charge in [-0.2, -0.15) is 0 Å². The fourth-order valence-corrected chi connectivity index (χ4v) is 2.84. The Bertz CT molecular complexity index is 181. The molecule has 0 spiro atoms. The summed E-state index contributed by atoms with van der Waals surface area (Å²) in [7, 11) is 1.77. The number of likely N-dealkylation sites (N-methyl/N-ethyl adjacent to an activating group) is 1. The molecule has 0 rings (SSSR count). The molecule has 2 unspecified atom stereocenters. The van der Waals surface area contributed by atoms with E-state index in [2.05, 4.69) is 32.6 Å². The van der Waals surface area contributed by atoms with Crippen LogP contribution in [0.15, 0.2) is 0 Å². The molecular weight excluding hydrogens is 212 g/mol. The topological polar surface area (TPSA) is 38.5 Å². The van der Waals surface area contributed by atoms with Crippen molar-refractivity contribution in [1.29, 1.82) is 0 Å². The van der Waals surface area contributed by atoms with Crippen LogP contribution in [0.4, 0.5) is 0 Å². The van der Waals surface area contributed by atoms with Gasteiger partial charge in [0.25, 0.3) is 0 Å². The van der Waals surface area contributed by atoms with Crippen LogP contribution in [0.2, 0.25) is 0 Å². The van der Waals surface area contributed by atoms with Gasteiger partial charge in [0.2, 0.25) is 0 Å². The Hall–Kier alpha value is -0.120. The quantitative estimate of drug-likeness (QED) is 0.642. The van der Waals surface area contributed by atoms with E-state index in [0.717, 1.165) is 26.1 Å². The highest BCUT2D eigenvalue weighted by Gasteiger charge is 2.34. The maximum absolute atomic E-state index is 6.09. The van der Waals surface area contributed by atoms with Gasteiger partial charge < -0.3 is 10.5 Å². The monoisotopic (exact) mass is 244 g/mol.